The molecule has 0 aliphatic heterocycles. The molecule has 1 aromatic heterocycles. The standard InChI is InChI=1S/C14H13N3O3S/c1-9-8-21-14(15-9)16(10-6-7-10)13(18)11-4-2-3-5-12(11)17(19)20/h2-5,8,10H,6-7H2,1H3. The van der Waals surface area contributed by atoms with E-state index in [2.05, 4.69) is 4.98 Å². The number of para-hydroxylation sites is 1. The van der Waals surface area contributed by atoms with Crippen LogP contribution in [0.25, 0.3) is 0 Å². The molecular formula is C14H13N3O3S. The number of carbonyl (C=O) groups is 1. The summed E-state index contributed by atoms with van der Waals surface area (Å²) in [5.74, 6) is -0.348. The topological polar surface area (TPSA) is 76.3 Å². The van der Waals surface area contributed by atoms with Crippen molar-refractivity contribution in [1.82, 2.24) is 4.98 Å². The molecule has 0 saturated heterocycles. The lowest BCUT2D eigenvalue weighted by Gasteiger charge is -2.19. The van der Waals surface area contributed by atoms with Crippen LogP contribution in [0, 0.1) is 17.0 Å². The van der Waals surface area contributed by atoms with Gasteiger partial charge in [0.1, 0.15) is 5.56 Å². The van der Waals surface area contributed by atoms with Crippen LogP contribution in [0.3, 0.4) is 0 Å². The first-order chi connectivity index (χ1) is 10.1. The summed E-state index contributed by atoms with van der Waals surface area (Å²) in [5, 5.41) is 13.6. The number of carbonyl (C=O) groups excluding carboxylic acids is 1. The van der Waals surface area contributed by atoms with Crippen molar-refractivity contribution in [3.63, 3.8) is 0 Å². The quantitative estimate of drug-likeness (QED) is 0.642. The van der Waals surface area contributed by atoms with Crippen LogP contribution in [-0.4, -0.2) is 21.9 Å². The van der Waals surface area contributed by atoms with Gasteiger partial charge in [-0.25, -0.2) is 4.98 Å². The van der Waals surface area contributed by atoms with Gasteiger partial charge in [0.2, 0.25) is 0 Å². The molecule has 1 aliphatic carbocycles. The minimum atomic E-state index is -0.522. The number of nitro benzene ring substituents is 1. The maximum atomic E-state index is 12.7. The third-order valence-electron chi connectivity index (χ3n) is 3.27. The van der Waals surface area contributed by atoms with Crippen LogP contribution in [0.15, 0.2) is 29.6 Å². The molecule has 21 heavy (non-hydrogen) atoms. The molecule has 1 fully saturated rings. The summed E-state index contributed by atoms with van der Waals surface area (Å²) in [5.41, 5.74) is 0.791. The Hall–Kier alpha value is -2.28. The van der Waals surface area contributed by atoms with Gasteiger partial charge in [-0.3, -0.25) is 19.8 Å². The lowest BCUT2D eigenvalue weighted by atomic mass is 10.1. The van der Waals surface area contributed by atoms with Crippen LogP contribution in [0.1, 0.15) is 28.9 Å². The fourth-order valence-corrected chi connectivity index (χ4v) is 3.01. The monoisotopic (exact) mass is 303 g/mol. The molecule has 108 valence electrons. The number of rotatable bonds is 4. The Kier molecular flexibility index (Phi) is 3.42. The molecule has 1 saturated carbocycles. The number of thiazole rings is 1. The first-order valence-electron chi connectivity index (χ1n) is 6.57. The van der Waals surface area contributed by atoms with Gasteiger partial charge >= 0.3 is 0 Å². The van der Waals surface area contributed by atoms with Crippen LogP contribution < -0.4 is 4.90 Å². The third-order valence-corrected chi connectivity index (χ3v) is 4.23. The van der Waals surface area contributed by atoms with E-state index in [0.29, 0.717) is 5.13 Å². The zero-order valence-corrected chi connectivity index (χ0v) is 12.2. The van der Waals surface area contributed by atoms with Crippen LogP contribution in [0.4, 0.5) is 10.8 Å². The average molecular weight is 303 g/mol. The second-order valence-corrected chi connectivity index (χ2v) is 5.79. The first kappa shape index (κ1) is 13.7. The Balaban J connectivity index is 2.01. The van der Waals surface area contributed by atoms with Gasteiger partial charge in [-0.1, -0.05) is 12.1 Å². The smallest absolute Gasteiger partial charge is 0.281 e. The van der Waals surface area contributed by atoms with Crippen LogP contribution in [0.5, 0.6) is 0 Å². The van der Waals surface area contributed by atoms with Gasteiger partial charge in [-0.15, -0.1) is 11.3 Å². The third kappa shape index (κ3) is 2.64. The summed E-state index contributed by atoms with van der Waals surface area (Å²) in [4.78, 5) is 29.3. The molecule has 0 radical (unpaired) electrons. The zero-order valence-electron chi connectivity index (χ0n) is 11.4. The van der Waals surface area contributed by atoms with Crippen LogP contribution in [-0.2, 0) is 0 Å². The molecule has 0 unspecified atom stereocenters. The molecule has 1 heterocycles. The van der Waals surface area contributed by atoms with E-state index in [9.17, 15) is 14.9 Å². The van der Waals surface area contributed by atoms with Crippen LogP contribution in [0.2, 0.25) is 0 Å². The number of amides is 1. The molecule has 0 N–H and O–H groups in total. The summed E-state index contributed by atoms with van der Waals surface area (Å²) < 4.78 is 0. The van der Waals surface area contributed by atoms with Gasteiger partial charge in [0.15, 0.2) is 5.13 Å². The lowest BCUT2D eigenvalue weighted by Crippen LogP contribution is -2.33. The maximum absolute atomic E-state index is 12.7. The molecule has 0 spiro atoms. The predicted octanol–water partition coefficient (Wildman–Crippen LogP) is 3.17. The highest BCUT2D eigenvalue weighted by molar-refractivity contribution is 7.14. The summed E-state index contributed by atoms with van der Waals surface area (Å²) in [6.07, 6.45) is 1.82. The van der Waals surface area contributed by atoms with E-state index in [1.807, 2.05) is 12.3 Å². The first-order valence-corrected chi connectivity index (χ1v) is 7.45. The predicted molar refractivity (Wildman–Crippen MR) is 79.8 cm³/mol. The van der Waals surface area contributed by atoms with Crippen molar-refractivity contribution in [3.8, 4) is 0 Å². The second-order valence-electron chi connectivity index (χ2n) is 4.95. The molecule has 1 amide bonds. The van der Waals surface area contributed by atoms with Gasteiger partial charge in [-0.2, -0.15) is 0 Å². The Bertz CT molecular complexity index is 709. The van der Waals surface area contributed by atoms with Crippen molar-refractivity contribution < 1.29 is 9.72 Å². The maximum Gasteiger partial charge on any atom is 0.282 e. The molecule has 0 bridgehead atoms. The minimum absolute atomic E-state index is 0.0999. The van der Waals surface area contributed by atoms with Crippen molar-refractivity contribution in [1.29, 1.82) is 0 Å². The van der Waals surface area contributed by atoms with E-state index in [1.54, 1.807) is 17.0 Å². The van der Waals surface area contributed by atoms with Crippen molar-refractivity contribution in [3.05, 3.63) is 51.0 Å². The number of aryl methyl sites for hydroxylation is 1. The molecule has 1 aliphatic rings. The largest absolute Gasteiger partial charge is 0.282 e. The van der Waals surface area contributed by atoms with Crippen molar-refractivity contribution in [2.75, 3.05) is 4.90 Å². The highest BCUT2D eigenvalue weighted by Gasteiger charge is 2.37. The van der Waals surface area contributed by atoms with E-state index in [4.69, 9.17) is 0 Å². The average Bonchev–Trinajstić information content (AvgIpc) is 3.21. The summed E-state index contributed by atoms with van der Waals surface area (Å²) >= 11 is 1.39. The number of nitrogens with zero attached hydrogens (tertiary/aromatic N) is 3. The number of benzene rings is 1. The number of hydrogen-bond donors (Lipinski definition) is 0. The molecule has 3 rings (SSSR count). The van der Waals surface area contributed by atoms with Gasteiger partial charge in [0, 0.05) is 17.5 Å². The Labute approximate surface area is 125 Å². The summed E-state index contributed by atoms with van der Waals surface area (Å²) in [6.45, 7) is 1.86. The molecule has 7 heteroatoms. The summed E-state index contributed by atoms with van der Waals surface area (Å²) in [7, 11) is 0. The zero-order chi connectivity index (χ0) is 15.0. The lowest BCUT2D eigenvalue weighted by molar-refractivity contribution is -0.385. The Morgan fingerprint density at radius 2 is 2.14 bits per heavy atom. The number of hydrogen-bond acceptors (Lipinski definition) is 5. The highest BCUT2D eigenvalue weighted by Crippen LogP contribution is 2.35. The molecule has 1 aromatic carbocycles. The van der Waals surface area contributed by atoms with E-state index in [-0.39, 0.29) is 23.2 Å². The normalized spacial score (nSPS) is 14.0. The van der Waals surface area contributed by atoms with E-state index in [0.717, 1.165) is 18.5 Å². The second kappa shape index (κ2) is 5.25. The minimum Gasteiger partial charge on any atom is -0.281 e. The molecule has 2 aromatic rings. The van der Waals surface area contributed by atoms with E-state index < -0.39 is 4.92 Å². The molecular weight excluding hydrogens is 290 g/mol. The van der Waals surface area contributed by atoms with Gasteiger partial charge in [0.05, 0.1) is 10.6 Å². The van der Waals surface area contributed by atoms with Crippen molar-refractivity contribution in [2.45, 2.75) is 25.8 Å². The SMILES string of the molecule is Cc1csc(N(C(=O)c2ccccc2[N+](=O)[O-])C2CC2)n1. The molecule has 0 atom stereocenters. The van der Waals surface area contributed by atoms with Crippen molar-refractivity contribution in [2.24, 2.45) is 0 Å². The number of anilines is 1. The van der Waals surface area contributed by atoms with Gasteiger partial charge in [-0.05, 0) is 25.8 Å². The Morgan fingerprint density at radius 3 is 2.71 bits per heavy atom. The number of nitro groups is 1. The van der Waals surface area contributed by atoms with E-state index in [1.165, 1.54) is 23.5 Å². The van der Waals surface area contributed by atoms with Gasteiger partial charge in [0.25, 0.3) is 11.6 Å². The highest BCUT2D eigenvalue weighted by atomic mass is 32.1. The fraction of sp³-hybridized carbons (Fsp3) is 0.286. The van der Waals surface area contributed by atoms with E-state index >= 15 is 0 Å². The van der Waals surface area contributed by atoms with Crippen molar-refractivity contribution >= 4 is 28.1 Å². The summed E-state index contributed by atoms with van der Waals surface area (Å²) in [6, 6.07) is 6.15. The number of aromatic nitrogens is 1. The Morgan fingerprint density at radius 1 is 1.43 bits per heavy atom. The fourth-order valence-electron chi connectivity index (χ4n) is 2.14. The molecule has 6 nitrogen and oxygen atoms in total. The van der Waals surface area contributed by atoms with Gasteiger partial charge < -0.3 is 0 Å². The van der Waals surface area contributed by atoms with Crippen LogP contribution >= 0.6 is 11.3 Å².